The maximum atomic E-state index is 6.07. The first-order chi connectivity index (χ1) is 9.58. The summed E-state index contributed by atoms with van der Waals surface area (Å²) in [5.41, 5.74) is 6.99. The fourth-order valence-electron chi connectivity index (χ4n) is 1.96. The maximum Gasteiger partial charge on any atom is 0.147 e. The van der Waals surface area contributed by atoms with Gasteiger partial charge in [0.15, 0.2) is 0 Å². The monoisotopic (exact) mass is 309 g/mol. The van der Waals surface area contributed by atoms with Crippen LogP contribution >= 0.6 is 23.2 Å². The summed E-state index contributed by atoms with van der Waals surface area (Å²) in [5, 5.41) is 4.06. The minimum atomic E-state index is 0.287. The molecule has 20 heavy (non-hydrogen) atoms. The van der Waals surface area contributed by atoms with Gasteiger partial charge in [-0.1, -0.05) is 60.5 Å². The zero-order valence-corrected chi connectivity index (χ0v) is 12.7. The predicted molar refractivity (Wildman–Crippen MR) is 86.6 cm³/mol. The lowest BCUT2D eigenvalue weighted by atomic mass is 9.98. The molecule has 0 aliphatic heterocycles. The Morgan fingerprint density at radius 1 is 1.20 bits per heavy atom. The van der Waals surface area contributed by atoms with E-state index >= 15 is 0 Å². The van der Waals surface area contributed by atoms with Crippen molar-refractivity contribution >= 4 is 34.8 Å². The molecule has 5 heteroatoms. The van der Waals surface area contributed by atoms with E-state index in [1.54, 1.807) is 6.07 Å². The summed E-state index contributed by atoms with van der Waals surface area (Å²) < 4.78 is 0. The zero-order valence-electron chi connectivity index (χ0n) is 11.2. The molecule has 2 aromatic rings. The van der Waals surface area contributed by atoms with Crippen molar-refractivity contribution in [1.29, 1.82) is 0 Å². The largest absolute Gasteiger partial charge is 0.382 e. The van der Waals surface area contributed by atoms with Gasteiger partial charge in [0.25, 0.3) is 0 Å². The summed E-state index contributed by atoms with van der Waals surface area (Å²) in [5.74, 6) is 1.33. The highest BCUT2D eigenvalue weighted by Crippen LogP contribution is 2.27. The summed E-state index contributed by atoms with van der Waals surface area (Å²) in [6, 6.07) is 12.0. The number of pyridine rings is 1. The number of nitrogens with one attached hydrogen (secondary N) is 1. The van der Waals surface area contributed by atoms with Gasteiger partial charge in [-0.05, 0) is 24.0 Å². The smallest absolute Gasteiger partial charge is 0.147 e. The van der Waals surface area contributed by atoms with Crippen LogP contribution in [-0.2, 0) is 0 Å². The topological polar surface area (TPSA) is 50.9 Å². The Hall–Kier alpha value is -1.45. The summed E-state index contributed by atoms with van der Waals surface area (Å²) in [4.78, 5) is 4.14. The number of hydrogen-bond donors (Lipinski definition) is 2. The molecular weight excluding hydrogens is 293 g/mol. The Balaban J connectivity index is 1.92. The molecule has 0 aliphatic carbocycles. The second-order valence-electron chi connectivity index (χ2n) is 4.71. The van der Waals surface area contributed by atoms with E-state index in [0.717, 1.165) is 13.0 Å². The SMILES string of the molecule is CC(CCNc1nc(N)c(Cl)cc1Cl)c1ccccc1. The quantitative estimate of drug-likeness (QED) is 0.850. The van der Waals surface area contributed by atoms with Crippen molar-refractivity contribution in [3.63, 3.8) is 0 Å². The number of benzene rings is 1. The normalized spacial score (nSPS) is 12.2. The minimum absolute atomic E-state index is 0.287. The molecule has 1 unspecified atom stereocenters. The number of nitrogen functional groups attached to an aromatic ring is 1. The maximum absolute atomic E-state index is 6.07. The predicted octanol–water partition coefficient (Wildman–Crippen LogP) is 4.58. The Morgan fingerprint density at radius 2 is 1.90 bits per heavy atom. The van der Waals surface area contributed by atoms with Gasteiger partial charge >= 0.3 is 0 Å². The van der Waals surface area contributed by atoms with E-state index in [2.05, 4.69) is 41.5 Å². The van der Waals surface area contributed by atoms with Crippen LogP contribution in [0.3, 0.4) is 0 Å². The van der Waals surface area contributed by atoms with Crippen LogP contribution in [0.15, 0.2) is 36.4 Å². The van der Waals surface area contributed by atoms with E-state index in [1.165, 1.54) is 5.56 Å². The molecule has 1 atom stereocenters. The highest BCUT2D eigenvalue weighted by atomic mass is 35.5. The lowest BCUT2D eigenvalue weighted by Crippen LogP contribution is -2.08. The summed E-state index contributed by atoms with van der Waals surface area (Å²) in [6.45, 7) is 2.96. The molecule has 3 nitrogen and oxygen atoms in total. The van der Waals surface area contributed by atoms with E-state index in [4.69, 9.17) is 28.9 Å². The van der Waals surface area contributed by atoms with Crippen molar-refractivity contribution in [3.05, 3.63) is 52.0 Å². The molecule has 0 saturated carbocycles. The number of aromatic nitrogens is 1. The van der Waals surface area contributed by atoms with Crippen molar-refractivity contribution < 1.29 is 0 Å². The van der Waals surface area contributed by atoms with Gasteiger partial charge in [0.1, 0.15) is 11.6 Å². The Morgan fingerprint density at radius 3 is 2.60 bits per heavy atom. The fourth-order valence-corrected chi connectivity index (χ4v) is 2.39. The van der Waals surface area contributed by atoms with Gasteiger partial charge in [-0.15, -0.1) is 0 Å². The van der Waals surface area contributed by atoms with Crippen LogP contribution in [-0.4, -0.2) is 11.5 Å². The summed E-state index contributed by atoms with van der Waals surface area (Å²) in [6.07, 6.45) is 0.977. The standard InChI is InChI=1S/C15H17Cl2N3/c1-10(11-5-3-2-4-6-11)7-8-19-15-13(17)9-12(16)14(18)20-15/h2-6,9-10H,7-8H2,1H3,(H3,18,19,20). The second kappa shape index (κ2) is 6.82. The molecule has 0 spiro atoms. The van der Waals surface area contributed by atoms with Crippen LogP contribution in [0.4, 0.5) is 11.6 Å². The van der Waals surface area contributed by atoms with Crippen LogP contribution in [0.2, 0.25) is 10.0 Å². The second-order valence-corrected chi connectivity index (χ2v) is 5.53. The molecule has 0 saturated heterocycles. The Bertz CT molecular complexity index is 573. The first kappa shape index (κ1) is 14.9. The molecular formula is C15H17Cl2N3. The van der Waals surface area contributed by atoms with Crippen molar-refractivity contribution in [1.82, 2.24) is 4.98 Å². The summed E-state index contributed by atoms with van der Waals surface area (Å²) in [7, 11) is 0. The number of rotatable bonds is 5. The van der Waals surface area contributed by atoms with E-state index in [1.807, 2.05) is 6.07 Å². The lowest BCUT2D eigenvalue weighted by Gasteiger charge is -2.13. The van der Waals surface area contributed by atoms with Gasteiger partial charge in [-0.25, -0.2) is 4.98 Å². The first-order valence-electron chi connectivity index (χ1n) is 6.48. The number of nitrogens with zero attached hydrogens (tertiary/aromatic N) is 1. The van der Waals surface area contributed by atoms with E-state index < -0.39 is 0 Å². The van der Waals surface area contributed by atoms with Gasteiger partial charge in [0.2, 0.25) is 0 Å². The zero-order chi connectivity index (χ0) is 14.5. The molecule has 0 radical (unpaired) electrons. The van der Waals surface area contributed by atoms with Gasteiger partial charge in [-0.3, -0.25) is 0 Å². The van der Waals surface area contributed by atoms with Crippen LogP contribution in [0.5, 0.6) is 0 Å². The molecule has 106 valence electrons. The van der Waals surface area contributed by atoms with Gasteiger partial charge < -0.3 is 11.1 Å². The Labute approximate surface area is 129 Å². The third kappa shape index (κ3) is 3.78. The molecule has 0 amide bonds. The number of nitrogens with two attached hydrogens (primary N) is 1. The van der Waals surface area contributed by atoms with E-state index in [9.17, 15) is 0 Å². The summed E-state index contributed by atoms with van der Waals surface area (Å²) >= 11 is 11.9. The third-order valence-corrected chi connectivity index (χ3v) is 3.79. The molecule has 3 N–H and O–H groups in total. The highest BCUT2D eigenvalue weighted by Gasteiger charge is 2.08. The molecule has 0 aliphatic rings. The van der Waals surface area contributed by atoms with Crippen molar-refractivity contribution in [3.8, 4) is 0 Å². The van der Waals surface area contributed by atoms with Crippen LogP contribution in [0, 0.1) is 0 Å². The number of halogens is 2. The van der Waals surface area contributed by atoms with Crippen molar-refractivity contribution in [2.24, 2.45) is 0 Å². The highest BCUT2D eigenvalue weighted by molar-refractivity contribution is 6.37. The van der Waals surface area contributed by atoms with Crippen molar-refractivity contribution in [2.45, 2.75) is 19.3 Å². The average Bonchev–Trinajstić information content (AvgIpc) is 2.45. The van der Waals surface area contributed by atoms with Crippen LogP contribution < -0.4 is 11.1 Å². The first-order valence-corrected chi connectivity index (χ1v) is 7.24. The third-order valence-electron chi connectivity index (χ3n) is 3.20. The molecule has 1 aromatic carbocycles. The van der Waals surface area contributed by atoms with Crippen LogP contribution in [0.25, 0.3) is 0 Å². The minimum Gasteiger partial charge on any atom is -0.382 e. The average molecular weight is 310 g/mol. The number of anilines is 2. The van der Waals surface area contributed by atoms with E-state index in [0.29, 0.717) is 21.8 Å². The van der Waals surface area contributed by atoms with E-state index in [-0.39, 0.29) is 5.82 Å². The van der Waals surface area contributed by atoms with Crippen molar-refractivity contribution in [2.75, 3.05) is 17.6 Å². The fraction of sp³-hybridized carbons (Fsp3) is 0.267. The molecule has 1 aromatic heterocycles. The molecule has 0 bridgehead atoms. The molecule has 0 fully saturated rings. The Kier molecular flexibility index (Phi) is 5.10. The molecule has 1 heterocycles. The van der Waals surface area contributed by atoms with Crippen LogP contribution in [0.1, 0.15) is 24.8 Å². The van der Waals surface area contributed by atoms with Gasteiger partial charge in [-0.2, -0.15) is 0 Å². The van der Waals surface area contributed by atoms with Gasteiger partial charge in [0.05, 0.1) is 10.0 Å². The lowest BCUT2D eigenvalue weighted by molar-refractivity contribution is 0.705. The number of hydrogen-bond acceptors (Lipinski definition) is 3. The molecule has 2 rings (SSSR count). The van der Waals surface area contributed by atoms with Gasteiger partial charge in [0, 0.05) is 6.54 Å².